The molecule has 1 aliphatic carbocycles. The van der Waals surface area contributed by atoms with E-state index in [2.05, 4.69) is 0 Å². The molecular formula is C12H14O3. The lowest BCUT2D eigenvalue weighted by Gasteiger charge is -2.16. The van der Waals surface area contributed by atoms with Crippen LogP contribution in [0.25, 0.3) is 0 Å². The summed E-state index contributed by atoms with van der Waals surface area (Å²) in [6.07, 6.45) is 1.61. The average molecular weight is 206 g/mol. The van der Waals surface area contributed by atoms with Crippen LogP contribution in [0.4, 0.5) is 0 Å². The van der Waals surface area contributed by atoms with Crippen molar-refractivity contribution in [2.45, 2.75) is 25.6 Å². The van der Waals surface area contributed by atoms with Gasteiger partial charge in [0.25, 0.3) is 0 Å². The van der Waals surface area contributed by atoms with Crippen LogP contribution >= 0.6 is 0 Å². The summed E-state index contributed by atoms with van der Waals surface area (Å²) in [6.45, 7) is 2.47. The second-order valence-electron chi connectivity index (χ2n) is 3.60. The molecule has 1 aromatic carbocycles. The minimum absolute atomic E-state index is 0.304. The Hall–Kier alpha value is -1.35. The number of hydrogen-bond donors (Lipinski definition) is 0. The first-order valence-electron chi connectivity index (χ1n) is 5.18. The second kappa shape index (κ2) is 4.03. The normalized spacial score (nSPS) is 17.1. The summed E-state index contributed by atoms with van der Waals surface area (Å²) in [7, 11) is 0. The number of hydrogen-bond acceptors (Lipinski definition) is 3. The fourth-order valence-electron chi connectivity index (χ4n) is 1.44. The van der Waals surface area contributed by atoms with Crippen LogP contribution in [-0.4, -0.2) is 18.4 Å². The highest BCUT2D eigenvalue weighted by molar-refractivity contribution is 5.89. The lowest BCUT2D eigenvalue weighted by molar-refractivity contribution is -0.129. The highest BCUT2D eigenvalue weighted by atomic mass is 16.7. The van der Waals surface area contributed by atoms with Crippen LogP contribution in [-0.2, 0) is 9.47 Å². The van der Waals surface area contributed by atoms with Crippen molar-refractivity contribution >= 4 is 5.97 Å². The number of rotatable bonds is 4. The molecule has 3 heteroatoms. The maximum Gasteiger partial charge on any atom is 0.340 e. The predicted octanol–water partition coefficient (Wildman–Crippen LogP) is 2.37. The Bertz CT molecular complexity index is 341. The van der Waals surface area contributed by atoms with Crippen molar-refractivity contribution in [1.29, 1.82) is 0 Å². The van der Waals surface area contributed by atoms with Crippen molar-refractivity contribution in [1.82, 2.24) is 0 Å². The first-order chi connectivity index (χ1) is 7.26. The molecule has 2 rings (SSSR count). The summed E-state index contributed by atoms with van der Waals surface area (Å²) in [4.78, 5) is 11.7. The molecule has 0 heterocycles. The molecule has 15 heavy (non-hydrogen) atoms. The molecule has 0 atom stereocenters. The van der Waals surface area contributed by atoms with E-state index >= 15 is 0 Å². The van der Waals surface area contributed by atoms with Crippen molar-refractivity contribution in [2.75, 3.05) is 6.61 Å². The summed E-state index contributed by atoms with van der Waals surface area (Å²) in [6, 6.07) is 8.98. The lowest BCUT2D eigenvalue weighted by atomic mass is 10.2. The van der Waals surface area contributed by atoms with E-state index in [1.807, 2.05) is 25.1 Å². The molecule has 0 spiro atoms. The Morgan fingerprint density at radius 3 is 2.53 bits per heavy atom. The Morgan fingerprint density at radius 1 is 1.33 bits per heavy atom. The fourth-order valence-corrected chi connectivity index (χ4v) is 1.44. The van der Waals surface area contributed by atoms with Gasteiger partial charge in [-0.25, -0.2) is 4.79 Å². The molecule has 0 N–H and O–H groups in total. The van der Waals surface area contributed by atoms with Crippen molar-refractivity contribution in [3.8, 4) is 0 Å². The third-order valence-electron chi connectivity index (χ3n) is 2.35. The standard InChI is InChI=1S/C12H14O3/c1-2-14-12(8-9-12)15-11(13)10-6-4-3-5-7-10/h3-7H,2,8-9H2,1H3. The highest BCUT2D eigenvalue weighted by Crippen LogP contribution is 2.41. The zero-order valence-electron chi connectivity index (χ0n) is 8.73. The third kappa shape index (κ3) is 2.36. The van der Waals surface area contributed by atoms with E-state index in [0.717, 1.165) is 12.8 Å². The van der Waals surface area contributed by atoms with Gasteiger partial charge in [-0.05, 0) is 19.1 Å². The topological polar surface area (TPSA) is 35.5 Å². The monoisotopic (exact) mass is 206 g/mol. The zero-order valence-corrected chi connectivity index (χ0v) is 8.73. The van der Waals surface area contributed by atoms with Gasteiger partial charge >= 0.3 is 5.97 Å². The summed E-state index contributed by atoms with van der Waals surface area (Å²) in [5, 5.41) is 0. The predicted molar refractivity (Wildman–Crippen MR) is 55.4 cm³/mol. The number of carbonyl (C=O) groups is 1. The van der Waals surface area contributed by atoms with Gasteiger partial charge in [-0.2, -0.15) is 0 Å². The third-order valence-corrected chi connectivity index (χ3v) is 2.35. The number of ether oxygens (including phenoxy) is 2. The zero-order chi connectivity index (χ0) is 10.7. The summed E-state index contributed by atoms with van der Waals surface area (Å²) >= 11 is 0. The van der Waals surface area contributed by atoms with E-state index in [9.17, 15) is 4.79 Å². The molecule has 0 bridgehead atoms. The lowest BCUT2D eigenvalue weighted by Crippen LogP contribution is -2.23. The molecule has 1 aliphatic rings. The molecule has 1 fully saturated rings. The van der Waals surface area contributed by atoms with Gasteiger partial charge in [-0.1, -0.05) is 18.2 Å². The van der Waals surface area contributed by atoms with E-state index in [1.54, 1.807) is 12.1 Å². The van der Waals surface area contributed by atoms with Gasteiger partial charge in [-0.15, -0.1) is 0 Å². The van der Waals surface area contributed by atoms with Crippen molar-refractivity contribution in [3.05, 3.63) is 35.9 Å². The SMILES string of the molecule is CCOC1(OC(=O)c2ccccc2)CC1. The average Bonchev–Trinajstić information content (AvgIpc) is 3.00. The number of esters is 1. The largest absolute Gasteiger partial charge is 0.429 e. The molecule has 0 radical (unpaired) electrons. The summed E-state index contributed by atoms with van der Waals surface area (Å²) < 4.78 is 10.7. The van der Waals surface area contributed by atoms with Crippen LogP contribution < -0.4 is 0 Å². The summed E-state index contributed by atoms with van der Waals surface area (Å²) in [5.74, 6) is -0.927. The van der Waals surface area contributed by atoms with Gasteiger partial charge in [0.05, 0.1) is 5.56 Å². The Kier molecular flexibility index (Phi) is 2.73. The van der Waals surface area contributed by atoms with Gasteiger partial charge < -0.3 is 9.47 Å². The quantitative estimate of drug-likeness (QED) is 0.560. The van der Waals surface area contributed by atoms with Crippen LogP contribution in [0.1, 0.15) is 30.1 Å². The summed E-state index contributed by atoms with van der Waals surface area (Å²) in [5.41, 5.74) is 0.573. The molecule has 0 saturated heterocycles. The highest BCUT2D eigenvalue weighted by Gasteiger charge is 2.48. The van der Waals surface area contributed by atoms with Crippen LogP contribution in [0.5, 0.6) is 0 Å². The molecule has 1 aromatic rings. The molecule has 0 aliphatic heterocycles. The molecular weight excluding hydrogens is 192 g/mol. The van der Waals surface area contributed by atoms with E-state index < -0.39 is 5.79 Å². The molecule has 0 amide bonds. The van der Waals surface area contributed by atoms with Crippen molar-refractivity contribution in [3.63, 3.8) is 0 Å². The van der Waals surface area contributed by atoms with Crippen molar-refractivity contribution < 1.29 is 14.3 Å². The van der Waals surface area contributed by atoms with Crippen LogP contribution in [0.3, 0.4) is 0 Å². The number of carbonyl (C=O) groups excluding carboxylic acids is 1. The van der Waals surface area contributed by atoms with Gasteiger partial charge in [0.1, 0.15) is 0 Å². The molecule has 1 saturated carbocycles. The van der Waals surface area contributed by atoms with E-state index in [1.165, 1.54) is 0 Å². The van der Waals surface area contributed by atoms with E-state index in [4.69, 9.17) is 9.47 Å². The van der Waals surface area contributed by atoms with Crippen LogP contribution in [0, 0.1) is 0 Å². The molecule has 80 valence electrons. The van der Waals surface area contributed by atoms with Gasteiger partial charge in [0.2, 0.25) is 5.79 Å². The smallest absolute Gasteiger partial charge is 0.340 e. The Labute approximate surface area is 89.0 Å². The molecule has 0 aromatic heterocycles. The van der Waals surface area contributed by atoms with E-state index in [-0.39, 0.29) is 5.97 Å². The first-order valence-corrected chi connectivity index (χ1v) is 5.18. The van der Waals surface area contributed by atoms with Gasteiger partial charge in [0.15, 0.2) is 0 Å². The first kappa shape index (κ1) is 10.2. The molecule has 3 nitrogen and oxygen atoms in total. The van der Waals surface area contributed by atoms with Gasteiger partial charge in [-0.3, -0.25) is 0 Å². The Morgan fingerprint density at radius 2 is 2.00 bits per heavy atom. The maximum absolute atomic E-state index is 11.7. The molecule has 0 unspecified atom stereocenters. The minimum atomic E-state index is -0.623. The van der Waals surface area contributed by atoms with E-state index in [0.29, 0.717) is 12.2 Å². The van der Waals surface area contributed by atoms with Gasteiger partial charge in [0, 0.05) is 19.4 Å². The van der Waals surface area contributed by atoms with Crippen LogP contribution in [0.15, 0.2) is 30.3 Å². The van der Waals surface area contributed by atoms with Crippen LogP contribution in [0.2, 0.25) is 0 Å². The fraction of sp³-hybridized carbons (Fsp3) is 0.417. The second-order valence-corrected chi connectivity index (χ2v) is 3.60. The maximum atomic E-state index is 11.7. The Balaban J connectivity index is 1.99. The number of benzene rings is 1. The minimum Gasteiger partial charge on any atom is -0.429 e. The van der Waals surface area contributed by atoms with Crippen molar-refractivity contribution in [2.24, 2.45) is 0 Å².